The molecule has 0 saturated heterocycles. The number of nitrogens with two attached hydrogens (primary N) is 1. The number of halogens is 2. The molecule has 0 spiro atoms. The van der Waals surface area contributed by atoms with E-state index in [-0.39, 0.29) is 18.0 Å². The highest BCUT2D eigenvalue weighted by atomic mass is 35.5. The van der Waals surface area contributed by atoms with Gasteiger partial charge in [-0.25, -0.2) is 9.38 Å². The number of pyridine rings is 1. The molecule has 1 aliphatic heterocycles. The van der Waals surface area contributed by atoms with Crippen LogP contribution in [0, 0.1) is 5.82 Å². The fourth-order valence-corrected chi connectivity index (χ4v) is 5.30. The summed E-state index contributed by atoms with van der Waals surface area (Å²) in [6, 6.07) is 8.02. The molecule has 0 unspecified atom stereocenters. The van der Waals surface area contributed by atoms with E-state index in [1.165, 1.54) is 28.9 Å². The second-order valence-corrected chi connectivity index (χ2v) is 9.06. The summed E-state index contributed by atoms with van der Waals surface area (Å²) in [5.74, 6) is -0.488. The van der Waals surface area contributed by atoms with Crippen LogP contribution in [0.1, 0.15) is 54.2 Å². The lowest BCUT2D eigenvalue weighted by atomic mass is 9.78. The molecule has 1 atom stereocenters. The van der Waals surface area contributed by atoms with Gasteiger partial charge in [-0.15, -0.1) is 0 Å². The molecule has 2 aliphatic rings. The maximum Gasteiger partial charge on any atom is 0.185 e. The van der Waals surface area contributed by atoms with Crippen LogP contribution >= 0.6 is 23.4 Å². The number of carbonyl (C=O) groups excluding carboxylic acids is 1. The molecule has 4 rings (SSSR count). The van der Waals surface area contributed by atoms with Crippen LogP contribution in [0.3, 0.4) is 0 Å². The summed E-state index contributed by atoms with van der Waals surface area (Å²) in [6.45, 7) is 1.92. The molecule has 1 aliphatic carbocycles. The van der Waals surface area contributed by atoms with Crippen molar-refractivity contribution in [2.75, 3.05) is 0 Å². The predicted molar refractivity (Wildman–Crippen MR) is 116 cm³/mol. The molecule has 0 fully saturated rings. The van der Waals surface area contributed by atoms with Crippen LogP contribution in [0.4, 0.5) is 4.39 Å². The standard InChI is InChI=1S/C22H21ClFN3OS/c1-22(15-4-2-3-5-20(15)29-21(25)27-22)16-10-13(6-8-17(16)24)11-19(28)18-9-7-14(23)12-26-18/h6-10,12H,2-5,11H2,1H3,(H2,25,27)/t22-/m0/s1. The van der Waals surface area contributed by atoms with Crippen LogP contribution in [0.5, 0.6) is 0 Å². The lowest BCUT2D eigenvalue weighted by molar-refractivity contribution is 0.0988. The molecule has 2 aromatic rings. The Morgan fingerprint density at radius 3 is 2.83 bits per heavy atom. The van der Waals surface area contributed by atoms with Gasteiger partial charge in [0.15, 0.2) is 11.0 Å². The lowest BCUT2D eigenvalue weighted by Crippen LogP contribution is -2.32. The largest absolute Gasteiger partial charge is 0.378 e. The first-order chi connectivity index (χ1) is 13.9. The minimum atomic E-state index is -0.841. The van der Waals surface area contributed by atoms with Gasteiger partial charge in [-0.2, -0.15) is 0 Å². The first-order valence-electron chi connectivity index (χ1n) is 9.56. The zero-order chi connectivity index (χ0) is 20.6. The Labute approximate surface area is 178 Å². The van der Waals surface area contributed by atoms with Crippen LogP contribution in [-0.4, -0.2) is 15.9 Å². The SMILES string of the molecule is C[C@]1(c2cc(CC(=O)c3ccc(Cl)cn3)ccc2F)N=C(N)SC2=C1CCCC2. The number of carbonyl (C=O) groups is 1. The number of hydrogen-bond acceptors (Lipinski definition) is 5. The summed E-state index contributed by atoms with van der Waals surface area (Å²) in [5, 5.41) is 0.931. The molecule has 2 N–H and O–H groups in total. The van der Waals surface area contributed by atoms with E-state index in [1.54, 1.807) is 24.3 Å². The Kier molecular flexibility index (Phi) is 5.49. The van der Waals surface area contributed by atoms with Crippen molar-refractivity contribution in [2.45, 2.75) is 44.6 Å². The molecule has 1 aromatic heterocycles. The second kappa shape index (κ2) is 7.92. The number of nitrogens with zero attached hydrogens (tertiary/aromatic N) is 2. The van der Waals surface area contributed by atoms with Crippen molar-refractivity contribution in [3.05, 3.63) is 74.7 Å². The van der Waals surface area contributed by atoms with E-state index in [2.05, 4.69) is 9.98 Å². The molecule has 29 heavy (non-hydrogen) atoms. The highest BCUT2D eigenvalue weighted by molar-refractivity contribution is 8.17. The minimum Gasteiger partial charge on any atom is -0.378 e. The Balaban J connectivity index is 1.69. The first kappa shape index (κ1) is 20.1. The topological polar surface area (TPSA) is 68.3 Å². The molecular formula is C22H21ClFN3OS. The summed E-state index contributed by atoms with van der Waals surface area (Å²) in [6.07, 6.45) is 5.57. The molecule has 4 nitrogen and oxygen atoms in total. The molecule has 0 saturated carbocycles. The maximum absolute atomic E-state index is 14.9. The first-order valence-corrected chi connectivity index (χ1v) is 10.8. The van der Waals surface area contributed by atoms with Crippen LogP contribution in [-0.2, 0) is 12.0 Å². The number of benzene rings is 1. The van der Waals surface area contributed by atoms with Gasteiger partial charge in [0.25, 0.3) is 0 Å². The highest BCUT2D eigenvalue weighted by Gasteiger charge is 2.39. The van der Waals surface area contributed by atoms with Gasteiger partial charge in [0.2, 0.25) is 0 Å². The van der Waals surface area contributed by atoms with Gasteiger partial charge in [0, 0.05) is 18.2 Å². The van der Waals surface area contributed by atoms with E-state index >= 15 is 0 Å². The fourth-order valence-electron chi connectivity index (χ4n) is 4.04. The van der Waals surface area contributed by atoms with Crippen molar-refractivity contribution in [1.29, 1.82) is 0 Å². The number of amidine groups is 1. The van der Waals surface area contributed by atoms with Crippen molar-refractivity contribution < 1.29 is 9.18 Å². The van der Waals surface area contributed by atoms with Crippen molar-refractivity contribution in [3.63, 3.8) is 0 Å². The number of rotatable bonds is 4. The van der Waals surface area contributed by atoms with Crippen molar-refractivity contribution in [2.24, 2.45) is 10.7 Å². The number of aromatic nitrogens is 1. The van der Waals surface area contributed by atoms with Gasteiger partial charge in [0.1, 0.15) is 17.1 Å². The summed E-state index contributed by atoms with van der Waals surface area (Å²) >= 11 is 7.34. The molecule has 7 heteroatoms. The molecule has 150 valence electrons. The van der Waals surface area contributed by atoms with Crippen molar-refractivity contribution in [3.8, 4) is 0 Å². The van der Waals surface area contributed by atoms with E-state index in [9.17, 15) is 9.18 Å². The molecule has 0 radical (unpaired) electrons. The van der Waals surface area contributed by atoms with Crippen LogP contribution < -0.4 is 5.73 Å². The van der Waals surface area contributed by atoms with Crippen molar-refractivity contribution >= 4 is 34.3 Å². The maximum atomic E-state index is 14.9. The van der Waals surface area contributed by atoms with Gasteiger partial charge in [-0.05, 0) is 72.9 Å². The smallest absolute Gasteiger partial charge is 0.185 e. The zero-order valence-electron chi connectivity index (χ0n) is 16.0. The molecule has 2 heterocycles. The number of aliphatic imine (C=N–C) groups is 1. The average Bonchev–Trinajstić information content (AvgIpc) is 2.69. The Morgan fingerprint density at radius 2 is 2.07 bits per heavy atom. The minimum absolute atomic E-state index is 0.123. The van der Waals surface area contributed by atoms with E-state index in [1.807, 2.05) is 6.92 Å². The Bertz CT molecular complexity index is 1030. The summed E-state index contributed by atoms with van der Waals surface area (Å²) in [7, 11) is 0. The number of allylic oxidation sites excluding steroid dienone is 1. The fraction of sp³-hybridized carbons (Fsp3) is 0.318. The quantitative estimate of drug-likeness (QED) is 0.660. The highest BCUT2D eigenvalue weighted by Crippen LogP contribution is 2.48. The van der Waals surface area contributed by atoms with E-state index in [0.29, 0.717) is 27.0 Å². The number of Topliss-reactive ketones (excluding diaryl/α,β-unsaturated/α-hetero) is 1. The van der Waals surface area contributed by atoms with Gasteiger partial charge in [-0.1, -0.05) is 29.4 Å². The normalized spacial score (nSPS) is 21.6. The summed E-state index contributed by atoms with van der Waals surface area (Å²) in [4.78, 5) is 22.5. The van der Waals surface area contributed by atoms with Crippen LogP contribution in [0.2, 0.25) is 5.02 Å². The Hall–Kier alpha value is -2.18. The molecule has 0 bridgehead atoms. The Morgan fingerprint density at radius 1 is 1.28 bits per heavy atom. The van der Waals surface area contributed by atoms with E-state index < -0.39 is 5.54 Å². The van der Waals surface area contributed by atoms with E-state index in [0.717, 1.165) is 31.3 Å². The molecule has 1 aromatic carbocycles. The molecule has 0 amide bonds. The summed E-state index contributed by atoms with van der Waals surface area (Å²) < 4.78 is 14.9. The van der Waals surface area contributed by atoms with Crippen LogP contribution in [0.25, 0.3) is 0 Å². The number of hydrogen-bond donors (Lipinski definition) is 1. The van der Waals surface area contributed by atoms with Crippen molar-refractivity contribution in [1.82, 2.24) is 4.98 Å². The van der Waals surface area contributed by atoms with Gasteiger partial charge >= 0.3 is 0 Å². The number of thioether (sulfide) groups is 1. The number of ketones is 1. The molecular weight excluding hydrogens is 409 g/mol. The predicted octanol–water partition coefficient (Wildman–Crippen LogP) is 5.40. The zero-order valence-corrected chi connectivity index (χ0v) is 17.6. The van der Waals surface area contributed by atoms with Gasteiger partial charge < -0.3 is 5.73 Å². The monoisotopic (exact) mass is 429 g/mol. The second-order valence-electron chi connectivity index (χ2n) is 7.51. The third kappa shape index (κ3) is 3.96. The van der Waals surface area contributed by atoms with Crippen LogP contribution in [0.15, 0.2) is 52.0 Å². The average molecular weight is 430 g/mol. The van der Waals surface area contributed by atoms with E-state index in [4.69, 9.17) is 17.3 Å². The lowest BCUT2D eigenvalue weighted by Gasteiger charge is -2.37. The third-order valence-corrected chi connectivity index (χ3v) is 6.72. The summed E-state index contributed by atoms with van der Waals surface area (Å²) in [5.41, 5.74) is 7.91. The van der Waals surface area contributed by atoms with Gasteiger partial charge in [0.05, 0.1) is 5.02 Å². The van der Waals surface area contributed by atoms with Gasteiger partial charge in [-0.3, -0.25) is 9.78 Å². The third-order valence-electron chi connectivity index (χ3n) is 5.50.